The van der Waals surface area contributed by atoms with Crippen LogP contribution in [0.25, 0.3) is 0 Å². The van der Waals surface area contributed by atoms with Crippen molar-refractivity contribution in [2.45, 2.75) is 13.0 Å². The van der Waals surface area contributed by atoms with Gasteiger partial charge in [0.2, 0.25) is 5.13 Å². The van der Waals surface area contributed by atoms with E-state index in [4.69, 9.17) is 9.47 Å². The SMILES string of the molecule is CNc1nnc(COCC2CCOC2)s1. The second-order valence-electron chi connectivity index (χ2n) is 3.50. The van der Waals surface area contributed by atoms with Crippen molar-refractivity contribution in [2.75, 3.05) is 32.2 Å². The maximum absolute atomic E-state index is 5.56. The first-order chi connectivity index (χ1) is 7.38. The van der Waals surface area contributed by atoms with Crippen molar-refractivity contribution in [3.63, 3.8) is 0 Å². The highest BCUT2D eigenvalue weighted by Crippen LogP contribution is 2.17. The van der Waals surface area contributed by atoms with Crippen LogP contribution in [-0.2, 0) is 16.1 Å². The van der Waals surface area contributed by atoms with Gasteiger partial charge in [-0.2, -0.15) is 0 Å². The molecule has 1 aliphatic rings. The zero-order chi connectivity index (χ0) is 10.5. The first kappa shape index (κ1) is 10.8. The molecule has 1 aliphatic heterocycles. The Morgan fingerprint density at radius 3 is 3.20 bits per heavy atom. The van der Waals surface area contributed by atoms with E-state index >= 15 is 0 Å². The summed E-state index contributed by atoms with van der Waals surface area (Å²) >= 11 is 1.53. The van der Waals surface area contributed by atoms with E-state index < -0.39 is 0 Å². The fourth-order valence-electron chi connectivity index (χ4n) is 1.44. The van der Waals surface area contributed by atoms with Gasteiger partial charge in [-0.1, -0.05) is 11.3 Å². The molecule has 1 aromatic rings. The van der Waals surface area contributed by atoms with Gasteiger partial charge in [0.15, 0.2) is 0 Å². The van der Waals surface area contributed by atoms with Gasteiger partial charge in [0, 0.05) is 19.6 Å². The molecule has 84 valence electrons. The van der Waals surface area contributed by atoms with E-state index in [-0.39, 0.29) is 0 Å². The van der Waals surface area contributed by atoms with Gasteiger partial charge in [0.1, 0.15) is 11.6 Å². The highest BCUT2D eigenvalue weighted by molar-refractivity contribution is 7.15. The molecular weight excluding hydrogens is 214 g/mol. The summed E-state index contributed by atoms with van der Waals surface area (Å²) in [5.41, 5.74) is 0. The molecule has 1 saturated heterocycles. The summed E-state index contributed by atoms with van der Waals surface area (Å²) in [7, 11) is 1.83. The van der Waals surface area contributed by atoms with E-state index in [1.807, 2.05) is 7.05 Å². The van der Waals surface area contributed by atoms with Crippen molar-refractivity contribution in [1.82, 2.24) is 10.2 Å². The number of aromatic nitrogens is 2. The van der Waals surface area contributed by atoms with Crippen LogP contribution >= 0.6 is 11.3 Å². The topological polar surface area (TPSA) is 56.3 Å². The van der Waals surface area contributed by atoms with E-state index in [2.05, 4.69) is 15.5 Å². The largest absolute Gasteiger partial charge is 0.381 e. The monoisotopic (exact) mass is 229 g/mol. The minimum atomic E-state index is 0.551. The molecule has 0 bridgehead atoms. The summed E-state index contributed by atoms with van der Waals surface area (Å²) in [5.74, 6) is 0.557. The standard InChI is InChI=1S/C9H15N3O2S/c1-10-9-12-11-8(15-9)6-14-5-7-2-3-13-4-7/h7H,2-6H2,1H3,(H,10,12). The van der Waals surface area contributed by atoms with Crippen LogP contribution in [0.2, 0.25) is 0 Å². The summed E-state index contributed by atoms with van der Waals surface area (Å²) in [4.78, 5) is 0. The number of nitrogens with one attached hydrogen (secondary N) is 1. The van der Waals surface area contributed by atoms with E-state index in [0.717, 1.165) is 36.4 Å². The van der Waals surface area contributed by atoms with Gasteiger partial charge in [-0.05, 0) is 6.42 Å². The smallest absolute Gasteiger partial charge is 0.205 e. The quantitative estimate of drug-likeness (QED) is 0.820. The van der Waals surface area contributed by atoms with Crippen molar-refractivity contribution in [3.8, 4) is 0 Å². The molecular formula is C9H15N3O2S. The van der Waals surface area contributed by atoms with Crippen LogP contribution in [0.1, 0.15) is 11.4 Å². The molecule has 2 heterocycles. The van der Waals surface area contributed by atoms with Crippen LogP contribution < -0.4 is 5.32 Å². The minimum absolute atomic E-state index is 0.551. The molecule has 0 saturated carbocycles. The Balaban J connectivity index is 1.68. The summed E-state index contributed by atoms with van der Waals surface area (Å²) in [6.45, 7) is 3.01. The number of hydrogen-bond acceptors (Lipinski definition) is 6. The molecule has 2 rings (SSSR count). The molecule has 1 fully saturated rings. The van der Waals surface area contributed by atoms with Crippen LogP contribution in [0, 0.1) is 5.92 Å². The Kier molecular flexibility index (Phi) is 3.87. The number of anilines is 1. The fourth-order valence-corrected chi connectivity index (χ4v) is 2.07. The predicted molar refractivity (Wildman–Crippen MR) is 58.0 cm³/mol. The van der Waals surface area contributed by atoms with Crippen molar-refractivity contribution >= 4 is 16.5 Å². The third-order valence-electron chi connectivity index (χ3n) is 2.28. The Labute approximate surface area is 92.8 Å². The molecule has 0 radical (unpaired) electrons. The van der Waals surface area contributed by atoms with Gasteiger partial charge in [-0.3, -0.25) is 0 Å². The molecule has 0 spiro atoms. The summed E-state index contributed by atoms with van der Waals surface area (Å²) in [6.07, 6.45) is 1.11. The van der Waals surface area contributed by atoms with E-state index in [1.165, 1.54) is 11.3 Å². The molecule has 0 aliphatic carbocycles. The number of rotatable bonds is 5. The molecule has 0 amide bonds. The zero-order valence-corrected chi connectivity index (χ0v) is 9.55. The lowest BCUT2D eigenvalue weighted by Gasteiger charge is -2.06. The third-order valence-corrected chi connectivity index (χ3v) is 3.20. The van der Waals surface area contributed by atoms with Gasteiger partial charge >= 0.3 is 0 Å². The second kappa shape index (κ2) is 5.39. The van der Waals surface area contributed by atoms with Gasteiger partial charge in [0.25, 0.3) is 0 Å². The Morgan fingerprint density at radius 2 is 2.53 bits per heavy atom. The molecule has 1 N–H and O–H groups in total. The Morgan fingerprint density at radius 1 is 1.60 bits per heavy atom. The van der Waals surface area contributed by atoms with Gasteiger partial charge in [0.05, 0.1) is 13.2 Å². The van der Waals surface area contributed by atoms with Gasteiger partial charge in [-0.25, -0.2) is 0 Å². The van der Waals surface area contributed by atoms with Gasteiger partial charge in [-0.15, -0.1) is 10.2 Å². The number of ether oxygens (including phenoxy) is 2. The van der Waals surface area contributed by atoms with Crippen LogP contribution in [0.15, 0.2) is 0 Å². The Bertz CT molecular complexity index is 299. The van der Waals surface area contributed by atoms with Crippen LogP contribution in [0.5, 0.6) is 0 Å². The molecule has 6 heteroatoms. The molecule has 1 atom stereocenters. The normalized spacial score (nSPS) is 20.7. The zero-order valence-electron chi connectivity index (χ0n) is 8.73. The maximum Gasteiger partial charge on any atom is 0.205 e. The first-order valence-corrected chi connectivity index (χ1v) is 5.85. The molecule has 5 nitrogen and oxygen atoms in total. The van der Waals surface area contributed by atoms with Crippen molar-refractivity contribution < 1.29 is 9.47 Å². The maximum atomic E-state index is 5.56. The average molecular weight is 229 g/mol. The number of nitrogens with zero attached hydrogens (tertiary/aromatic N) is 2. The summed E-state index contributed by atoms with van der Waals surface area (Å²) < 4.78 is 10.8. The Hall–Kier alpha value is -0.720. The fraction of sp³-hybridized carbons (Fsp3) is 0.778. The van der Waals surface area contributed by atoms with Crippen LogP contribution in [-0.4, -0.2) is 37.1 Å². The lowest BCUT2D eigenvalue weighted by atomic mass is 10.1. The predicted octanol–water partition coefficient (Wildman–Crippen LogP) is 1.13. The number of hydrogen-bond donors (Lipinski definition) is 1. The molecule has 0 aromatic carbocycles. The van der Waals surface area contributed by atoms with E-state index in [9.17, 15) is 0 Å². The average Bonchev–Trinajstić information content (AvgIpc) is 2.88. The van der Waals surface area contributed by atoms with Gasteiger partial charge < -0.3 is 14.8 Å². The van der Waals surface area contributed by atoms with Crippen LogP contribution in [0.3, 0.4) is 0 Å². The summed E-state index contributed by atoms with van der Waals surface area (Å²) in [6, 6.07) is 0. The van der Waals surface area contributed by atoms with Crippen molar-refractivity contribution in [2.24, 2.45) is 5.92 Å². The van der Waals surface area contributed by atoms with E-state index in [0.29, 0.717) is 12.5 Å². The third kappa shape index (κ3) is 3.12. The minimum Gasteiger partial charge on any atom is -0.381 e. The lowest BCUT2D eigenvalue weighted by Crippen LogP contribution is -2.08. The van der Waals surface area contributed by atoms with Crippen molar-refractivity contribution in [1.29, 1.82) is 0 Å². The van der Waals surface area contributed by atoms with E-state index in [1.54, 1.807) is 0 Å². The first-order valence-electron chi connectivity index (χ1n) is 5.04. The lowest BCUT2D eigenvalue weighted by molar-refractivity contribution is 0.0787. The molecule has 1 aromatic heterocycles. The molecule has 1 unspecified atom stereocenters. The summed E-state index contributed by atoms with van der Waals surface area (Å²) in [5, 5.41) is 12.6. The highest BCUT2D eigenvalue weighted by Gasteiger charge is 2.15. The molecule has 15 heavy (non-hydrogen) atoms. The van der Waals surface area contributed by atoms with Crippen LogP contribution in [0.4, 0.5) is 5.13 Å². The highest BCUT2D eigenvalue weighted by atomic mass is 32.1. The van der Waals surface area contributed by atoms with Crippen molar-refractivity contribution in [3.05, 3.63) is 5.01 Å². The second-order valence-corrected chi connectivity index (χ2v) is 4.56.